The topological polar surface area (TPSA) is 104 Å². The first kappa shape index (κ1) is 20.5. The van der Waals surface area contributed by atoms with Crippen LogP contribution < -0.4 is 5.32 Å². The Morgan fingerprint density at radius 1 is 1.19 bits per heavy atom. The maximum atomic E-state index is 12.8. The van der Waals surface area contributed by atoms with Gasteiger partial charge in [0.25, 0.3) is 5.69 Å². The number of anilines is 1. The van der Waals surface area contributed by atoms with Crippen LogP contribution in [0.1, 0.15) is 13.3 Å². The molecule has 0 unspecified atom stereocenters. The van der Waals surface area contributed by atoms with Crippen molar-refractivity contribution in [3.05, 3.63) is 64.8 Å². The van der Waals surface area contributed by atoms with Gasteiger partial charge in [-0.1, -0.05) is 12.1 Å². The molecule has 9 heteroatoms. The SMILES string of the molecule is CCOCCCn1c(NC(=O)Cn2ccc3cc([N+](=O)[O-])ccc32)nc2ccccc21. The third kappa shape index (κ3) is 4.41. The second-order valence-corrected chi connectivity index (χ2v) is 7.12. The van der Waals surface area contributed by atoms with Crippen molar-refractivity contribution >= 4 is 39.5 Å². The van der Waals surface area contributed by atoms with Gasteiger partial charge in [-0.3, -0.25) is 20.2 Å². The molecule has 4 aromatic rings. The molecule has 0 aliphatic rings. The Kier molecular flexibility index (Phi) is 5.94. The minimum absolute atomic E-state index is 0.0236. The minimum Gasteiger partial charge on any atom is -0.382 e. The molecule has 2 aromatic heterocycles. The van der Waals surface area contributed by atoms with Crippen molar-refractivity contribution in [2.75, 3.05) is 18.5 Å². The van der Waals surface area contributed by atoms with E-state index in [-0.39, 0.29) is 18.1 Å². The normalized spacial score (nSPS) is 11.3. The second kappa shape index (κ2) is 8.97. The van der Waals surface area contributed by atoms with Gasteiger partial charge in [-0.05, 0) is 37.6 Å². The van der Waals surface area contributed by atoms with Gasteiger partial charge < -0.3 is 13.9 Å². The van der Waals surface area contributed by atoms with Gasteiger partial charge in [-0.15, -0.1) is 0 Å². The maximum absolute atomic E-state index is 12.8. The zero-order chi connectivity index (χ0) is 21.8. The van der Waals surface area contributed by atoms with Gasteiger partial charge in [0.05, 0.1) is 16.0 Å². The van der Waals surface area contributed by atoms with E-state index in [1.165, 1.54) is 12.1 Å². The minimum atomic E-state index is -0.431. The van der Waals surface area contributed by atoms with Crippen LogP contribution in [0.5, 0.6) is 0 Å². The number of benzene rings is 2. The molecule has 0 saturated carbocycles. The standard InChI is InChI=1S/C22H23N5O4/c1-2-31-13-5-11-26-20-7-4-3-6-18(20)23-22(26)24-21(28)15-25-12-10-16-14-17(27(29)30)8-9-19(16)25/h3-4,6-10,12,14H,2,5,11,13,15H2,1H3,(H,23,24,28). The Balaban J connectivity index is 1.53. The van der Waals surface area contributed by atoms with Crippen LogP contribution in [0.15, 0.2) is 54.7 Å². The van der Waals surface area contributed by atoms with Crippen molar-refractivity contribution in [2.45, 2.75) is 26.4 Å². The number of carbonyl (C=O) groups excluding carboxylic acids is 1. The number of amides is 1. The van der Waals surface area contributed by atoms with Crippen LogP contribution in [0.3, 0.4) is 0 Å². The van der Waals surface area contributed by atoms with Crippen LogP contribution in [0.4, 0.5) is 11.6 Å². The number of hydrogen-bond acceptors (Lipinski definition) is 5. The first-order valence-electron chi connectivity index (χ1n) is 10.1. The van der Waals surface area contributed by atoms with Gasteiger partial charge in [0.2, 0.25) is 11.9 Å². The summed E-state index contributed by atoms with van der Waals surface area (Å²) in [6.45, 7) is 4.01. The molecular formula is C22H23N5O4. The molecule has 0 radical (unpaired) electrons. The number of rotatable bonds is 9. The van der Waals surface area contributed by atoms with Crippen LogP contribution in [0.2, 0.25) is 0 Å². The molecule has 0 atom stereocenters. The largest absolute Gasteiger partial charge is 0.382 e. The molecule has 0 spiro atoms. The van der Waals surface area contributed by atoms with Gasteiger partial charge in [0.1, 0.15) is 6.54 Å². The summed E-state index contributed by atoms with van der Waals surface area (Å²) in [5.41, 5.74) is 2.54. The first-order valence-corrected chi connectivity index (χ1v) is 10.1. The van der Waals surface area contributed by atoms with E-state index in [9.17, 15) is 14.9 Å². The Morgan fingerprint density at radius 2 is 2.03 bits per heavy atom. The lowest BCUT2D eigenvalue weighted by molar-refractivity contribution is -0.384. The number of hydrogen-bond donors (Lipinski definition) is 1. The fourth-order valence-corrected chi connectivity index (χ4v) is 3.62. The molecule has 4 rings (SSSR count). The van der Waals surface area contributed by atoms with E-state index in [4.69, 9.17) is 4.74 Å². The monoisotopic (exact) mass is 421 g/mol. The molecule has 2 heterocycles. The van der Waals surface area contributed by atoms with Crippen molar-refractivity contribution in [2.24, 2.45) is 0 Å². The number of aryl methyl sites for hydroxylation is 1. The molecule has 9 nitrogen and oxygen atoms in total. The molecule has 0 aliphatic heterocycles. The number of nitro benzene ring substituents is 1. The zero-order valence-corrected chi connectivity index (χ0v) is 17.2. The van der Waals surface area contributed by atoms with E-state index in [0.29, 0.717) is 31.1 Å². The lowest BCUT2D eigenvalue weighted by atomic mass is 10.2. The highest BCUT2D eigenvalue weighted by Crippen LogP contribution is 2.23. The number of non-ortho nitro benzene ring substituents is 1. The smallest absolute Gasteiger partial charge is 0.270 e. The molecule has 0 aliphatic carbocycles. The lowest BCUT2D eigenvalue weighted by Crippen LogP contribution is -2.21. The number of fused-ring (bicyclic) bond motifs is 2. The molecule has 0 saturated heterocycles. The Morgan fingerprint density at radius 3 is 2.84 bits per heavy atom. The van der Waals surface area contributed by atoms with E-state index in [1.807, 2.05) is 35.8 Å². The highest BCUT2D eigenvalue weighted by atomic mass is 16.6. The van der Waals surface area contributed by atoms with E-state index in [0.717, 1.165) is 23.0 Å². The van der Waals surface area contributed by atoms with E-state index < -0.39 is 4.92 Å². The summed E-state index contributed by atoms with van der Waals surface area (Å²) in [5.74, 6) is 0.270. The van der Waals surface area contributed by atoms with Gasteiger partial charge in [0.15, 0.2) is 0 Å². The first-order chi connectivity index (χ1) is 15.1. The summed E-state index contributed by atoms with van der Waals surface area (Å²) in [5, 5.41) is 14.6. The molecular weight excluding hydrogens is 398 g/mol. The quantitative estimate of drug-likeness (QED) is 0.250. The molecule has 2 aromatic carbocycles. The molecule has 0 fully saturated rings. The number of ether oxygens (including phenoxy) is 1. The highest BCUT2D eigenvalue weighted by molar-refractivity contribution is 5.93. The van der Waals surface area contributed by atoms with Crippen molar-refractivity contribution < 1.29 is 14.5 Å². The number of nitrogens with one attached hydrogen (secondary N) is 1. The van der Waals surface area contributed by atoms with Gasteiger partial charge in [-0.2, -0.15) is 0 Å². The maximum Gasteiger partial charge on any atom is 0.270 e. The average molecular weight is 421 g/mol. The number of aromatic nitrogens is 3. The molecule has 1 N–H and O–H groups in total. The van der Waals surface area contributed by atoms with Crippen LogP contribution in [0, 0.1) is 10.1 Å². The summed E-state index contributed by atoms with van der Waals surface area (Å²) in [6, 6.07) is 14.1. The fraction of sp³-hybridized carbons (Fsp3) is 0.273. The van der Waals surface area contributed by atoms with Crippen molar-refractivity contribution in [3.63, 3.8) is 0 Å². The number of nitrogens with zero attached hydrogens (tertiary/aromatic N) is 4. The van der Waals surface area contributed by atoms with Gasteiger partial charge >= 0.3 is 0 Å². The number of imidazole rings is 1. The number of para-hydroxylation sites is 2. The van der Waals surface area contributed by atoms with Crippen molar-refractivity contribution in [1.29, 1.82) is 0 Å². The predicted octanol–water partition coefficient (Wildman–Crippen LogP) is 3.96. The summed E-state index contributed by atoms with van der Waals surface area (Å²) in [7, 11) is 0. The summed E-state index contributed by atoms with van der Waals surface area (Å²) in [6.07, 6.45) is 2.55. The predicted molar refractivity (Wildman–Crippen MR) is 118 cm³/mol. The second-order valence-electron chi connectivity index (χ2n) is 7.12. The Bertz CT molecular complexity index is 1240. The van der Waals surface area contributed by atoms with Crippen molar-refractivity contribution in [3.8, 4) is 0 Å². The molecule has 160 valence electrons. The van der Waals surface area contributed by atoms with Crippen molar-refractivity contribution in [1.82, 2.24) is 14.1 Å². The Labute approximate surface area is 178 Å². The fourth-order valence-electron chi connectivity index (χ4n) is 3.62. The Hall–Kier alpha value is -3.72. The number of carbonyl (C=O) groups is 1. The lowest BCUT2D eigenvalue weighted by Gasteiger charge is -2.11. The zero-order valence-electron chi connectivity index (χ0n) is 17.2. The summed E-state index contributed by atoms with van der Waals surface area (Å²) >= 11 is 0. The van der Waals surface area contributed by atoms with Gasteiger partial charge in [0, 0.05) is 49.0 Å². The van der Waals surface area contributed by atoms with Crippen LogP contribution in [0.25, 0.3) is 21.9 Å². The summed E-state index contributed by atoms with van der Waals surface area (Å²) in [4.78, 5) is 27.9. The van der Waals surface area contributed by atoms with E-state index in [1.54, 1.807) is 22.9 Å². The molecule has 1 amide bonds. The average Bonchev–Trinajstić information content (AvgIpc) is 3.31. The highest BCUT2D eigenvalue weighted by Gasteiger charge is 2.15. The molecule has 31 heavy (non-hydrogen) atoms. The van der Waals surface area contributed by atoms with E-state index >= 15 is 0 Å². The van der Waals surface area contributed by atoms with E-state index in [2.05, 4.69) is 10.3 Å². The number of nitro groups is 1. The van der Waals surface area contributed by atoms with Crippen LogP contribution in [-0.2, 0) is 22.6 Å². The summed E-state index contributed by atoms with van der Waals surface area (Å²) < 4.78 is 9.18. The van der Waals surface area contributed by atoms with Gasteiger partial charge in [-0.25, -0.2) is 4.98 Å². The van der Waals surface area contributed by atoms with Crippen LogP contribution in [-0.4, -0.2) is 38.2 Å². The third-order valence-electron chi connectivity index (χ3n) is 5.06. The van der Waals surface area contributed by atoms with Crippen LogP contribution >= 0.6 is 0 Å². The molecule has 0 bridgehead atoms. The third-order valence-corrected chi connectivity index (χ3v) is 5.06.